The Morgan fingerprint density at radius 1 is 1.35 bits per heavy atom. The third-order valence-electron chi connectivity index (χ3n) is 2.78. The lowest BCUT2D eigenvalue weighted by molar-refractivity contribution is 0.354. The van der Waals surface area contributed by atoms with Gasteiger partial charge in [0, 0.05) is 0 Å². The third kappa shape index (κ3) is 3.22. The molecular weight excluding hydrogens is 210 g/mol. The molecule has 0 saturated heterocycles. The summed E-state index contributed by atoms with van der Waals surface area (Å²) in [4.78, 5) is 0. The van der Waals surface area contributed by atoms with Gasteiger partial charge in [0.05, 0.1) is 11.6 Å². The van der Waals surface area contributed by atoms with Gasteiger partial charge in [-0.3, -0.25) is 0 Å². The molecule has 2 heteroatoms. The summed E-state index contributed by atoms with van der Waals surface area (Å²) < 4.78 is 5.65. The maximum absolute atomic E-state index is 8.68. The van der Waals surface area contributed by atoms with Crippen molar-refractivity contribution in [2.24, 2.45) is 5.92 Å². The number of allylic oxidation sites excluding steroid dienone is 2. The smallest absolute Gasteiger partial charge is 0.119 e. The normalized spacial score (nSPS) is 18.4. The highest BCUT2D eigenvalue weighted by Gasteiger charge is 2.04. The number of ether oxygens (including phenoxy) is 1. The van der Waals surface area contributed by atoms with Crippen LogP contribution in [0.3, 0.4) is 0 Å². The SMILES string of the molecule is CC1C=CC(COc2ccc(C#N)cc2)=CC1. The Labute approximate surface area is 102 Å². The van der Waals surface area contributed by atoms with Gasteiger partial charge < -0.3 is 4.74 Å². The summed E-state index contributed by atoms with van der Waals surface area (Å²) in [6.07, 6.45) is 7.63. The largest absolute Gasteiger partial charge is 0.489 e. The highest BCUT2D eigenvalue weighted by molar-refractivity contribution is 5.35. The minimum atomic E-state index is 0.592. The first-order chi connectivity index (χ1) is 8.28. The van der Waals surface area contributed by atoms with Crippen LogP contribution in [0.2, 0.25) is 0 Å². The number of nitriles is 1. The van der Waals surface area contributed by atoms with Crippen LogP contribution in [0.25, 0.3) is 0 Å². The molecule has 1 aliphatic carbocycles. The molecule has 1 aromatic rings. The first-order valence-electron chi connectivity index (χ1n) is 5.78. The van der Waals surface area contributed by atoms with Crippen LogP contribution in [-0.4, -0.2) is 6.61 Å². The van der Waals surface area contributed by atoms with E-state index >= 15 is 0 Å². The molecule has 1 aliphatic rings. The molecule has 0 aromatic heterocycles. The lowest BCUT2D eigenvalue weighted by Crippen LogP contribution is -2.03. The molecule has 0 aliphatic heterocycles. The molecule has 0 amide bonds. The maximum Gasteiger partial charge on any atom is 0.119 e. The molecule has 0 fully saturated rings. The summed E-state index contributed by atoms with van der Waals surface area (Å²) in [7, 11) is 0. The highest BCUT2D eigenvalue weighted by atomic mass is 16.5. The van der Waals surface area contributed by atoms with Gasteiger partial charge in [-0.05, 0) is 42.2 Å². The Hall–Kier alpha value is -2.01. The van der Waals surface area contributed by atoms with Crippen molar-refractivity contribution in [1.29, 1.82) is 5.26 Å². The van der Waals surface area contributed by atoms with Crippen LogP contribution in [0.4, 0.5) is 0 Å². The van der Waals surface area contributed by atoms with Crippen molar-refractivity contribution < 1.29 is 4.74 Å². The van der Waals surface area contributed by atoms with E-state index in [1.165, 1.54) is 5.57 Å². The Balaban J connectivity index is 1.90. The second-order valence-corrected chi connectivity index (χ2v) is 4.28. The van der Waals surface area contributed by atoms with Crippen LogP contribution in [0.5, 0.6) is 5.75 Å². The second-order valence-electron chi connectivity index (χ2n) is 4.28. The van der Waals surface area contributed by atoms with Gasteiger partial charge in [-0.2, -0.15) is 5.26 Å². The van der Waals surface area contributed by atoms with E-state index in [1.54, 1.807) is 12.1 Å². The van der Waals surface area contributed by atoms with Crippen molar-refractivity contribution in [3.05, 3.63) is 53.6 Å². The molecule has 0 N–H and O–H groups in total. The molecule has 1 aromatic carbocycles. The molecular formula is C15H15NO. The zero-order chi connectivity index (χ0) is 12.1. The fraction of sp³-hybridized carbons (Fsp3) is 0.267. The number of benzene rings is 1. The molecule has 86 valence electrons. The van der Waals surface area contributed by atoms with Crippen molar-refractivity contribution >= 4 is 0 Å². The van der Waals surface area contributed by atoms with E-state index < -0.39 is 0 Å². The molecule has 1 atom stereocenters. The Kier molecular flexibility index (Phi) is 3.62. The number of hydrogen-bond donors (Lipinski definition) is 0. The summed E-state index contributed by atoms with van der Waals surface area (Å²) >= 11 is 0. The number of nitrogens with zero attached hydrogens (tertiary/aromatic N) is 1. The summed E-state index contributed by atoms with van der Waals surface area (Å²) in [6, 6.07) is 9.27. The van der Waals surface area contributed by atoms with Crippen molar-refractivity contribution in [2.75, 3.05) is 6.61 Å². The fourth-order valence-corrected chi connectivity index (χ4v) is 1.67. The van der Waals surface area contributed by atoms with Gasteiger partial charge in [-0.15, -0.1) is 0 Å². The summed E-state index contributed by atoms with van der Waals surface area (Å²) in [5, 5.41) is 8.68. The van der Waals surface area contributed by atoms with Crippen LogP contribution in [0.15, 0.2) is 48.1 Å². The molecule has 2 nitrogen and oxygen atoms in total. The minimum Gasteiger partial charge on any atom is -0.489 e. The van der Waals surface area contributed by atoms with Crippen LogP contribution >= 0.6 is 0 Å². The summed E-state index contributed by atoms with van der Waals surface area (Å²) in [5.41, 5.74) is 1.87. The zero-order valence-electron chi connectivity index (χ0n) is 9.89. The van der Waals surface area contributed by atoms with E-state index in [0.717, 1.165) is 12.2 Å². The Morgan fingerprint density at radius 2 is 2.12 bits per heavy atom. The molecule has 0 saturated carbocycles. The average molecular weight is 225 g/mol. The molecule has 1 unspecified atom stereocenters. The lowest BCUT2D eigenvalue weighted by atomic mass is 9.99. The number of hydrogen-bond acceptors (Lipinski definition) is 2. The van der Waals surface area contributed by atoms with Crippen LogP contribution in [0.1, 0.15) is 18.9 Å². The summed E-state index contributed by atoms with van der Waals surface area (Å²) in [5.74, 6) is 1.44. The quantitative estimate of drug-likeness (QED) is 0.789. The van der Waals surface area contributed by atoms with E-state index in [0.29, 0.717) is 18.1 Å². The van der Waals surface area contributed by atoms with Crippen molar-refractivity contribution in [2.45, 2.75) is 13.3 Å². The van der Waals surface area contributed by atoms with E-state index in [2.05, 4.69) is 31.2 Å². The van der Waals surface area contributed by atoms with E-state index in [-0.39, 0.29) is 0 Å². The third-order valence-corrected chi connectivity index (χ3v) is 2.78. The Morgan fingerprint density at radius 3 is 2.71 bits per heavy atom. The molecule has 2 rings (SSSR count). The fourth-order valence-electron chi connectivity index (χ4n) is 1.67. The first-order valence-corrected chi connectivity index (χ1v) is 5.78. The Bertz CT molecular complexity index is 477. The molecule has 0 bridgehead atoms. The van der Waals surface area contributed by atoms with Crippen LogP contribution < -0.4 is 4.74 Å². The topological polar surface area (TPSA) is 33.0 Å². The average Bonchev–Trinajstić information content (AvgIpc) is 2.39. The van der Waals surface area contributed by atoms with E-state index in [9.17, 15) is 0 Å². The van der Waals surface area contributed by atoms with Crippen LogP contribution in [0, 0.1) is 17.2 Å². The molecule has 0 radical (unpaired) electrons. The van der Waals surface area contributed by atoms with Gasteiger partial charge in [-0.25, -0.2) is 0 Å². The molecule has 0 spiro atoms. The highest BCUT2D eigenvalue weighted by Crippen LogP contribution is 2.17. The molecule has 17 heavy (non-hydrogen) atoms. The maximum atomic E-state index is 8.68. The standard InChI is InChI=1S/C15H15NO/c1-12-2-4-14(5-3-12)11-17-15-8-6-13(10-16)7-9-15/h2,4-9,12H,3,11H2,1H3. The van der Waals surface area contributed by atoms with Crippen molar-refractivity contribution in [3.8, 4) is 11.8 Å². The van der Waals surface area contributed by atoms with Gasteiger partial charge in [0.25, 0.3) is 0 Å². The predicted octanol–water partition coefficient (Wildman–Crippen LogP) is 3.46. The minimum absolute atomic E-state index is 0.592. The predicted molar refractivity (Wildman–Crippen MR) is 67.7 cm³/mol. The van der Waals surface area contributed by atoms with E-state index in [4.69, 9.17) is 10.00 Å². The number of rotatable bonds is 3. The second kappa shape index (κ2) is 5.36. The zero-order valence-corrected chi connectivity index (χ0v) is 9.89. The van der Waals surface area contributed by atoms with Crippen molar-refractivity contribution in [1.82, 2.24) is 0 Å². The van der Waals surface area contributed by atoms with Gasteiger partial charge in [0.1, 0.15) is 12.4 Å². The first kappa shape index (κ1) is 11.5. The molecule has 0 heterocycles. The van der Waals surface area contributed by atoms with Gasteiger partial charge >= 0.3 is 0 Å². The van der Waals surface area contributed by atoms with E-state index in [1.807, 2.05) is 12.1 Å². The monoisotopic (exact) mass is 225 g/mol. The van der Waals surface area contributed by atoms with Gasteiger partial charge in [0.15, 0.2) is 0 Å². The summed E-state index contributed by atoms with van der Waals surface area (Å²) in [6.45, 7) is 2.79. The van der Waals surface area contributed by atoms with Crippen molar-refractivity contribution in [3.63, 3.8) is 0 Å². The van der Waals surface area contributed by atoms with Crippen LogP contribution in [-0.2, 0) is 0 Å². The lowest BCUT2D eigenvalue weighted by Gasteiger charge is -2.12. The van der Waals surface area contributed by atoms with Gasteiger partial charge in [0.2, 0.25) is 0 Å². The van der Waals surface area contributed by atoms with Gasteiger partial charge in [-0.1, -0.05) is 25.2 Å².